The largest absolute Gasteiger partial charge is 0.359 e. The molecule has 0 bridgehead atoms. The standard InChI is InChI=1S/C16H13FN2S2/c1-11(10-20-17)18-13-8-6-12(7-9-13)16-19-14-4-2-3-5-15(14)21-16/h2-9,18H,1,10H2. The predicted octanol–water partition coefficient (Wildman–Crippen LogP) is 5.51. The predicted molar refractivity (Wildman–Crippen MR) is 91.4 cm³/mol. The van der Waals surface area contributed by atoms with E-state index < -0.39 is 0 Å². The number of benzene rings is 2. The zero-order valence-electron chi connectivity index (χ0n) is 11.2. The van der Waals surface area contributed by atoms with Crippen molar-refractivity contribution in [2.45, 2.75) is 0 Å². The van der Waals surface area contributed by atoms with Gasteiger partial charge < -0.3 is 5.32 Å². The molecule has 0 radical (unpaired) electrons. The van der Waals surface area contributed by atoms with Crippen LogP contribution < -0.4 is 5.32 Å². The summed E-state index contributed by atoms with van der Waals surface area (Å²) in [6, 6.07) is 16.0. The Bertz CT molecular complexity index is 732. The number of para-hydroxylation sites is 1. The van der Waals surface area contributed by atoms with Crippen LogP contribution in [-0.4, -0.2) is 10.7 Å². The summed E-state index contributed by atoms with van der Waals surface area (Å²) in [4.78, 5) is 4.63. The minimum atomic E-state index is 0.250. The summed E-state index contributed by atoms with van der Waals surface area (Å²) >= 11 is 1.94. The van der Waals surface area contributed by atoms with Gasteiger partial charge in [0.05, 0.1) is 28.1 Å². The van der Waals surface area contributed by atoms with Crippen molar-refractivity contribution in [2.24, 2.45) is 0 Å². The van der Waals surface area contributed by atoms with Gasteiger partial charge in [-0.15, -0.1) is 11.3 Å². The summed E-state index contributed by atoms with van der Waals surface area (Å²) < 4.78 is 13.3. The van der Waals surface area contributed by atoms with Crippen LogP contribution in [0.4, 0.5) is 9.57 Å². The molecule has 106 valence electrons. The molecule has 0 saturated carbocycles. The number of halogens is 1. The normalized spacial score (nSPS) is 10.7. The number of thiazole rings is 1. The molecule has 0 aliphatic carbocycles. The third kappa shape index (κ3) is 3.25. The molecule has 0 fully saturated rings. The van der Waals surface area contributed by atoms with Crippen LogP contribution in [0.2, 0.25) is 0 Å². The highest BCUT2D eigenvalue weighted by atomic mass is 32.2. The molecule has 0 aliphatic rings. The zero-order valence-corrected chi connectivity index (χ0v) is 12.8. The fourth-order valence-electron chi connectivity index (χ4n) is 2.00. The highest BCUT2D eigenvalue weighted by Gasteiger charge is 2.05. The summed E-state index contributed by atoms with van der Waals surface area (Å²) in [7, 11) is 0. The second-order valence-electron chi connectivity index (χ2n) is 4.55. The highest BCUT2D eigenvalue weighted by molar-refractivity contribution is 7.94. The van der Waals surface area contributed by atoms with Crippen molar-refractivity contribution < 1.29 is 3.89 Å². The van der Waals surface area contributed by atoms with Gasteiger partial charge in [0.2, 0.25) is 0 Å². The van der Waals surface area contributed by atoms with Crippen molar-refractivity contribution in [1.82, 2.24) is 4.98 Å². The summed E-state index contributed by atoms with van der Waals surface area (Å²) in [5, 5.41) is 4.08. The van der Waals surface area contributed by atoms with E-state index in [4.69, 9.17) is 0 Å². The van der Waals surface area contributed by atoms with E-state index in [1.807, 2.05) is 42.5 Å². The van der Waals surface area contributed by atoms with E-state index >= 15 is 0 Å². The van der Waals surface area contributed by atoms with Crippen molar-refractivity contribution in [3.63, 3.8) is 0 Å². The molecule has 0 amide bonds. The fraction of sp³-hybridized carbons (Fsp3) is 0.0625. The second kappa shape index (κ2) is 6.28. The molecule has 1 aromatic heterocycles. The number of fused-ring (bicyclic) bond motifs is 1. The van der Waals surface area contributed by atoms with Crippen LogP contribution in [-0.2, 0) is 0 Å². The van der Waals surface area contributed by atoms with Crippen molar-refractivity contribution in [3.8, 4) is 10.6 Å². The average Bonchev–Trinajstić information content (AvgIpc) is 2.92. The van der Waals surface area contributed by atoms with E-state index in [1.165, 1.54) is 4.70 Å². The second-order valence-corrected chi connectivity index (χ2v) is 6.08. The highest BCUT2D eigenvalue weighted by Crippen LogP contribution is 2.30. The Labute approximate surface area is 131 Å². The number of aromatic nitrogens is 1. The maximum absolute atomic E-state index is 12.1. The lowest BCUT2D eigenvalue weighted by molar-refractivity contribution is 0.937. The number of anilines is 1. The third-order valence-electron chi connectivity index (χ3n) is 2.98. The van der Waals surface area contributed by atoms with Gasteiger partial charge in [0.15, 0.2) is 0 Å². The minimum absolute atomic E-state index is 0.250. The summed E-state index contributed by atoms with van der Waals surface area (Å²) in [5.74, 6) is 0.250. The van der Waals surface area contributed by atoms with Gasteiger partial charge in [-0.2, -0.15) is 3.89 Å². The van der Waals surface area contributed by atoms with Crippen molar-refractivity contribution in [3.05, 3.63) is 60.8 Å². The Hall–Kier alpha value is -1.85. The van der Waals surface area contributed by atoms with Gasteiger partial charge in [-0.3, -0.25) is 0 Å². The average molecular weight is 316 g/mol. The summed E-state index contributed by atoms with van der Waals surface area (Å²) in [5.41, 5.74) is 3.65. The first-order chi connectivity index (χ1) is 10.3. The van der Waals surface area contributed by atoms with E-state index in [9.17, 15) is 3.89 Å². The molecular weight excluding hydrogens is 303 g/mol. The number of hydrogen-bond acceptors (Lipinski definition) is 4. The van der Waals surface area contributed by atoms with Gasteiger partial charge >= 0.3 is 0 Å². The Kier molecular flexibility index (Phi) is 4.22. The van der Waals surface area contributed by atoms with Gasteiger partial charge in [-0.05, 0) is 36.4 Å². The molecule has 5 heteroatoms. The van der Waals surface area contributed by atoms with E-state index in [-0.39, 0.29) is 17.9 Å². The number of rotatable bonds is 5. The van der Waals surface area contributed by atoms with Crippen molar-refractivity contribution in [2.75, 3.05) is 11.1 Å². The molecule has 0 saturated heterocycles. The van der Waals surface area contributed by atoms with Crippen LogP contribution in [0.5, 0.6) is 0 Å². The molecular formula is C16H13FN2S2. The van der Waals surface area contributed by atoms with Gasteiger partial charge in [-0.1, -0.05) is 18.7 Å². The third-order valence-corrected chi connectivity index (χ3v) is 4.52. The maximum Gasteiger partial charge on any atom is 0.124 e. The van der Waals surface area contributed by atoms with Crippen molar-refractivity contribution >= 4 is 39.4 Å². The maximum atomic E-state index is 12.1. The molecule has 1 N–H and O–H groups in total. The number of nitrogens with one attached hydrogen (secondary N) is 1. The lowest BCUT2D eigenvalue weighted by atomic mass is 10.2. The molecule has 0 spiro atoms. The van der Waals surface area contributed by atoms with Crippen LogP contribution in [0.15, 0.2) is 60.8 Å². The molecule has 3 rings (SSSR count). The molecule has 0 atom stereocenters. The molecule has 2 aromatic carbocycles. The Morgan fingerprint density at radius 1 is 1.19 bits per heavy atom. The zero-order chi connectivity index (χ0) is 14.7. The smallest absolute Gasteiger partial charge is 0.124 e. The van der Waals surface area contributed by atoms with E-state index in [1.54, 1.807) is 11.3 Å². The Morgan fingerprint density at radius 3 is 2.67 bits per heavy atom. The fourth-order valence-corrected chi connectivity index (χ4v) is 3.17. The lowest BCUT2D eigenvalue weighted by Gasteiger charge is -2.07. The van der Waals surface area contributed by atoms with Gasteiger partial charge in [0.25, 0.3) is 0 Å². The first-order valence-electron chi connectivity index (χ1n) is 6.40. The topological polar surface area (TPSA) is 24.9 Å². The van der Waals surface area contributed by atoms with Crippen LogP contribution in [0.25, 0.3) is 20.8 Å². The first kappa shape index (κ1) is 14.1. The number of hydrogen-bond donors (Lipinski definition) is 1. The first-order valence-corrected chi connectivity index (χ1v) is 8.11. The van der Waals surface area contributed by atoms with E-state index in [2.05, 4.69) is 22.9 Å². The molecule has 1 heterocycles. The van der Waals surface area contributed by atoms with Gasteiger partial charge in [-0.25, -0.2) is 4.98 Å². The van der Waals surface area contributed by atoms with E-state index in [0.717, 1.165) is 21.8 Å². The molecule has 21 heavy (non-hydrogen) atoms. The van der Waals surface area contributed by atoms with Gasteiger partial charge in [0, 0.05) is 16.9 Å². The van der Waals surface area contributed by atoms with Crippen LogP contribution in [0.1, 0.15) is 0 Å². The number of nitrogens with zero attached hydrogens (tertiary/aromatic N) is 1. The lowest BCUT2D eigenvalue weighted by Crippen LogP contribution is -1.99. The Balaban J connectivity index is 1.81. The SMILES string of the molecule is C=C(CSF)Nc1ccc(-c2nc3ccccc3s2)cc1. The van der Waals surface area contributed by atoms with E-state index in [0.29, 0.717) is 5.70 Å². The molecule has 0 aliphatic heterocycles. The molecule has 0 unspecified atom stereocenters. The monoisotopic (exact) mass is 316 g/mol. The summed E-state index contributed by atoms with van der Waals surface area (Å²) in [6.45, 7) is 3.77. The molecule has 3 aromatic rings. The van der Waals surface area contributed by atoms with Crippen LogP contribution in [0, 0.1) is 0 Å². The van der Waals surface area contributed by atoms with Crippen LogP contribution in [0.3, 0.4) is 0 Å². The van der Waals surface area contributed by atoms with Gasteiger partial charge in [0.1, 0.15) is 5.01 Å². The Morgan fingerprint density at radius 2 is 1.95 bits per heavy atom. The van der Waals surface area contributed by atoms with Crippen molar-refractivity contribution in [1.29, 1.82) is 0 Å². The quantitative estimate of drug-likeness (QED) is 0.672. The summed E-state index contributed by atoms with van der Waals surface area (Å²) in [6.07, 6.45) is 0. The molecule has 2 nitrogen and oxygen atoms in total. The minimum Gasteiger partial charge on any atom is -0.359 e. The van der Waals surface area contributed by atoms with Crippen LogP contribution >= 0.6 is 23.5 Å².